The lowest BCUT2D eigenvalue weighted by Gasteiger charge is -2.14. The lowest BCUT2D eigenvalue weighted by molar-refractivity contribution is -0.136. The van der Waals surface area contributed by atoms with Crippen LogP contribution in [0.2, 0.25) is 0 Å². The molecule has 2 N–H and O–H groups in total. The fraction of sp³-hybridized carbons (Fsp3) is 0.417. The molecule has 19 heavy (non-hydrogen) atoms. The lowest BCUT2D eigenvalue weighted by atomic mass is 10.1. The van der Waals surface area contributed by atoms with E-state index in [2.05, 4.69) is 4.72 Å². The molecule has 0 bridgehead atoms. The molecule has 0 heterocycles. The van der Waals surface area contributed by atoms with Gasteiger partial charge in [-0.1, -0.05) is 12.1 Å². The second-order valence-electron chi connectivity index (χ2n) is 4.08. The average molecular weight is 287 g/mol. The third-order valence-electron chi connectivity index (χ3n) is 2.56. The molecule has 6 nitrogen and oxygen atoms in total. The largest absolute Gasteiger partial charge is 0.497 e. The molecule has 0 spiro atoms. The second kappa shape index (κ2) is 6.53. The van der Waals surface area contributed by atoms with E-state index in [0.717, 1.165) is 5.56 Å². The summed E-state index contributed by atoms with van der Waals surface area (Å²) >= 11 is 0. The zero-order valence-electron chi connectivity index (χ0n) is 10.8. The third kappa shape index (κ3) is 5.27. The van der Waals surface area contributed by atoms with E-state index in [1.807, 2.05) is 0 Å². The van der Waals surface area contributed by atoms with Crippen LogP contribution in [0.15, 0.2) is 24.3 Å². The maximum atomic E-state index is 11.6. The first kappa shape index (κ1) is 15.5. The first-order valence-corrected chi connectivity index (χ1v) is 7.35. The number of carbonyl (C=O) groups is 1. The van der Waals surface area contributed by atoms with Crippen molar-refractivity contribution in [2.24, 2.45) is 0 Å². The van der Waals surface area contributed by atoms with E-state index < -0.39 is 34.2 Å². The predicted molar refractivity (Wildman–Crippen MR) is 70.6 cm³/mol. The van der Waals surface area contributed by atoms with E-state index in [9.17, 15) is 13.2 Å². The van der Waals surface area contributed by atoms with Gasteiger partial charge in [-0.15, -0.1) is 0 Å². The van der Waals surface area contributed by atoms with Crippen molar-refractivity contribution in [3.63, 3.8) is 0 Å². The maximum absolute atomic E-state index is 11.6. The molecule has 0 aliphatic heterocycles. The molecule has 1 aromatic carbocycles. The molecular weight excluding hydrogens is 270 g/mol. The van der Waals surface area contributed by atoms with Crippen molar-refractivity contribution in [2.75, 3.05) is 12.9 Å². The fourth-order valence-corrected chi connectivity index (χ4v) is 2.75. The molecule has 1 atom stereocenters. The minimum absolute atomic E-state index is 0.412. The van der Waals surface area contributed by atoms with E-state index in [1.165, 1.54) is 0 Å². The predicted octanol–water partition coefficient (Wildman–Crippen LogP) is 1.15. The van der Waals surface area contributed by atoms with Gasteiger partial charge in [0.15, 0.2) is 0 Å². The van der Waals surface area contributed by atoms with E-state index >= 15 is 0 Å². The third-order valence-corrected chi connectivity index (χ3v) is 4.01. The SMILES string of the molecule is COc1ccc([C@H](C)NS(=O)(=O)CCC(=O)O)cc1. The van der Waals surface area contributed by atoms with Crippen LogP contribution in [0.4, 0.5) is 0 Å². The molecule has 0 radical (unpaired) electrons. The Balaban J connectivity index is 2.67. The van der Waals surface area contributed by atoms with Crippen molar-refractivity contribution >= 4 is 16.0 Å². The van der Waals surface area contributed by atoms with Crippen LogP contribution in [0, 0.1) is 0 Å². The Bertz CT molecular complexity index is 524. The van der Waals surface area contributed by atoms with E-state index in [-0.39, 0.29) is 0 Å². The minimum atomic E-state index is -3.60. The monoisotopic (exact) mass is 287 g/mol. The van der Waals surface area contributed by atoms with Crippen LogP contribution >= 0.6 is 0 Å². The molecule has 1 aromatic rings. The van der Waals surface area contributed by atoms with Crippen molar-refractivity contribution in [1.82, 2.24) is 4.72 Å². The Labute approximate surface area is 112 Å². The number of nitrogens with one attached hydrogen (secondary N) is 1. The minimum Gasteiger partial charge on any atom is -0.497 e. The highest BCUT2D eigenvalue weighted by Crippen LogP contribution is 2.17. The normalized spacial score (nSPS) is 12.9. The average Bonchev–Trinajstić information content (AvgIpc) is 2.36. The molecule has 0 fully saturated rings. The van der Waals surface area contributed by atoms with Gasteiger partial charge in [-0.05, 0) is 24.6 Å². The number of hydrogen-bond acceptors (Lipinski definition) is 4. The van der Waals surface area contributed by atoms with Crippen molar-refractivity contribution in [1.29, 1.82) is 0 Å². The van der Waals surface area contributed by atoms with Gasteiger partial charge in [0.25, 0.3) is 0 Å². The number of carboxylic acid groups (broad SMARTS) is 1. The van der Waals surface area contributed by atoms with Gasteiger partial charge >= 0.3 is 5.97 Å². The Morgan fingerprint density at radius 1 is 1.37 bits per heavy atom. The summed E-state index contributed by atoms with van der Waals surface area (Å²) in [5.41, 5.74) is 0.778. The summed E-state index contributed by atoms with van der Waals surface area (Å²) in [6, 6.07) is 6.55. The molecule has 0 amide bonds. The molecule has 0 saturated carbocycles. The summed E-state index contributed by atoms with van der Waals surface area (Å²) in [5, 5.41) is 8.48. The van der Waals surface area contributed by atoms with Gasteiger partial charge in [-0.25, -0.2) is 13.1 Å². The fourth-order valence-electron chi connectivity index (χ4n) is 1.51. The van der Waals surface area contributed by atoms with Crippen LogP contribution in [-0.2, 0) is 14.8 Å². The number of aliphatic carboxylic acids is 1. The standard InChI is InChI=1S/C12H17NO5S/c1-9(10-3-5-11(18-2)6-4-10)13-19(16,17)8-7-12(14)15/h3-6,9,13H,7-8H2,1-2H3,(H,14,15)/t9-/m0/s1. The van der Waals surface area contributed by atoms with Crippen molar-refractivity contribution in [2.45, 2.75) is 19.4 Å². The highest BCUT2D eigenvalue weighted by molar-refractivity contribution is 7.89. The number of hydrogen-bond donors (Lipinski definition) is 2. The number of methoxy groups -OCH3 is 1. The Hall–Kier alpha value is -1.60. The Morgan fingerprint density at radius 2 is 1.95 bits per heavy atom. The molecule has 1 rings (SSSR count). The van der Waals surface area contributed by atoms with Gasteiger partial charge in [0.05, 0.1) is 19.3 Å². The molecule has 7 heteroatoms. The van der Waals surface area contributed by atoms with Crippen LogP contribution in [0.25, 0.3) is 0 Å². The van der Waals surface area contributed by atoms with Crippen molar-refractivity contribution in [3.05, 3.63) is 29.8 Å². The Morgan fingerprint density at radius 3 is 2.42 bits per heavy atom. The molecule has 0 unspecified atom stereocenters. The second-order valence-corrected chi connectivity index (χ2v) is 5.95. The van der Waals surface area contributed by atoms with E-state index in [0.29, 0.717) is 5.75 Å². The van der Waals surface area contributed by atoms with Gasteiger partial charge in [-0.3, -0.25) is 4.79 Å². The molecule has 0 saturated heterocycles. The van der Waals surface area contributed by atoms with Crippen LogP contribution in [0.5, 0.6) is 5.75 Å². The van der Waals surface area contributed by atoms with Gasteiger partial charge in [-0.2, -0.15) is 0 Å². The van der Waals surface area contributed by atoms with Crippen LogP contribution in [-0.4, -0.2) is 32.4 Å². The summed E-state index contributed by atoms with van der Waals surface area (Å²) in [6.45, 7) is 1.69. The number of carboxylic acids is 1. The topological polar surface area (TPSA) is 92.7 Å². The van der Waals surface area contributed by atoms with E-state index in [4.69, 9.17) is 9.84 Å². The van der Waals surface area contributed by atoms with E-state index in [1.54, 1.807) is 38.3 Å². The van der Waals surface area contributed by atoms with Crippen LogP contribution in [0.3, 0.4) is 0 Å². The molecule has 0 aliphatic carbocycles. The first-order valence-electron chi connectivity index (χ1n) is 5.70. The lowest BCUT2D eigenvalue weighted by Crippen LogP contribution is -2.30. The summed E-state index contributed by atoms with van der Waals surface area (Å²) in [4.78, 5) is 10.4. The maximum Gasteiger partial charge on any atom is 0.304 e. The van der Waals surface area contributed by atoms with Gasteiger partial charge in [0, 0.05) is 6.04 Å². The van der Waals surface area contributed by atoms with Crippen molar-refractivity contribution < 1.29 is 23.1 Å². The first-order chi connectivity index (χ1) is 8.84. The summed E-state index contributed by atoms with van der Waals surface area (Å²) in [6.07, 6.45) is -0.412. The van der Waals surface area contributed by atoms with Gasteiger partial charge in [0.2, 0.25) is 10.0 Å². The summed E-state index contributed by atoms with van der Waals surface area (Å²) in [5.74, 6) is -0.879. The number of ether oxygens (including phenoxy) is 1. The van der Waals surface area contributed by atoms with Crippen LogP contribution < -0.4 is 9.46 Å². The zero-order valence-corrected chi connectivity index (χ0v) is 11.6. The number of rotatable bonds is 7. The highest BCUT2D eigenvalue weighted by atomic mass is 32.2. The van der Waals surface area contributed by atoms with Gasteiger partial charge in [0.1, 0.15) is 5.75 Å². The number of benzene rings is 1. The molecular formula is C12H17NO5S. The van der Waals surface area contributed by atoms with Crippen LogP contribution in [0.1, 0.15) is 24.9 Å². The smallest absolute Gasteiger partial charge is 0.304 e. The number of sulfonamides is 1. The molecule has 0 aliphatic rings. The molecule has 0 aromatic heterocycles. The summed E-state index contributed by atoms with van der Waals surface area (Å²) < 4.78 is 30.7. The van der Waals surface area contributed by atoms with Gasteiger partial charge < -0.3 is 9.84 Å². The quantitative estimate of drug-likeness (QED) is 0.784. The Kier molecular flexibility index (Phi) is 5.31. The summed E-state index contributed by atoms with van der Waals surface area (Å²) in [7, 11) is -2.05. The molecule has 106 valence electrons. The van der Waals surface area contributed by atoms with Crippen molar-refractivity contribution in [3.8, 4) is 5.75 Å². The zero-order chi connectivity index (χ0) is 14.5. The highest BCUT2D eigenvalue weighted by Gasteiger charge is 2.17.